The molecule has 3 rings (SSSR count). The number of H-pyrrole nitrogens is 1. The molecule has 0 saturated heterocycles. The maximum Gasteiger partial charge on any atom is 0.353 e. The van der Waals surface area contributed by atoms with Crippen LogP contribution in [0.5, 0.6) is 0 Å². The number of nitrogens with zero attached hydrogens (tertiary/aromatic N) is 3. The molecule has 3 aromatic rings. The van der Waals surface area contributed by atoms with Crippen LogP contribution in [0.25, 0.3) is 5.76 Å². The van der Waals surface area contributed by atoms with Crippen molar-refractivity contribution in [3.05, 3.63) is 71.8 Å². The van der Waals surface area contributed by atoms with Crippen LogP contribution in [0.2, 0.25) is 0 Å². The standard InChI is InChI=1S/C16H11FN4O6S/c17-10-1-3-11(4-2-10)28(26,27)21-7-9(5-12(21)16(24)25)13(22)6-14(23)15-18-8-19-20-15/h1-8,23H,(H,24,25)(H,18,19,20). The Balaban J connectivity index is 2.05. The number of hydrogen-bond donors (Lipinski definition) is 3. The molecular weight excluding hydrogens is 395 g/mol. The molecule has 0 aliphatic heterocycles. The van der Waals surface area contributed by atoms with Crippen LogP contribution in [0.4, 0.5) is 4.39 Å². The zero-order valence-electron chi connectivity index (χ0n) is 13.8. The molecule has 2 heterocycles. The third kappa shape index (κ3) is 3.53. The number of carboxylic acid groups (broad SMARTS) is 1. The van der Waals surface area contributed by atoms with E-state index in [1.807, 2.05) is 0 Å². The van der Waals surface area contributed by atoms with E-state index < -0.39 is 39.0 Å². The van der Waals surface area contributed by atoms with Crippen molar-refractivity contribution in [2.75, 3.05) is 0 Å². The number of carbonyl (C=O) groups excluding carboxylic acids is 1. The summed E-state index contributed by atoms with van der Waals surface area (Å²) in [7, 11) is -4.41. The minimum absolute atomic E-state index is 0.176. The third-order valence-corrected chi connectivity index (χ3v) is 5.26. The first-order chi connectivity index (χ1) is 13.2. The first-order valence-electron chi connectivity index (χ1n) is 7.48. The van der Waals surface area contributed by atoms with Crippen LogP contribution < -0.4 is 0 Å². The van der Waals surface area contributed by atoms with Gasteiger partial charge in [-0.3, -0.25) is 9.89 Å². The van der Waals surface area contributed by atoms with Crippen molar-refractivity contribution in [1.29, 1.82) is 0 Å². The lowest BCUT2D eigenvalue weighted by Crippen LogP contribution is -2.17. The molecule has 0 spiro atoms. The fourth-order valence-corrected chi connectivity index (χ4v) is 3.61. The Bertz CT molecular complexity index is 1180. The molecular formula is C16H11FN4O6S. The first-order valence-corrected chi connectivity index (χ1v) is 8.92. The predicted octanol–water partition coefficient (Wildman–Crippen LogP) is 1.46. The van der Waals surface area contributed by atoms with Gasteiger partial charge in [-0.2, -0.15) is 5.10 Å². The average Bonchev–Trinajstić information content (AvgIpc) is 3.32. The lowest BCUT2D eigenvalue weighted by atomic mass is 10.2. The molecule has 2 aromatic heterocycles. The molecule has 0 amide bonds. The highest BCUT2D eigenvalue weighted by Gasteiger charge is 2.26. The summed E-state index contributed by atoms with van der Waals surface area (Å²) in [6.45, 7) is 0. The van der Waals surface area contributed by atoms with Crippen molar-refractivity contribution in [1.82, 2.24) is 19.2 Å². The first kappa shape index (κ1) is 19.0. The van der Waals surface area contributed by atoms with E-state index in [0.717, 1.165) is 48.9 Å². The molecule has 144 valence electrons. The van der Waals surface area contributed by atoms with Crippen LogP contribution in [0.3, 0.4) is 0 Å². The van der Waals surface area contributed by atoms with Crippen LogP contribution in [0, 0.1) is 5.82 Å². The van der Waals surface area contributed by atoms with E-state index in [9.17, 15) is 32.6 Å². The second-order valence-corrected chi connectivity index (χ2v) is 7.21. The Morgan fingerprint density at radius 1 is 1.18 bits per heavy atom. The van der Waals surface area contributed by atoms with Gasteiger partial charge < -0.3 is 10.2 Å². The van der Waals surface area contributed by atoms with Gasteiger partial charge in [0.1, 0.15) is 17.8 Å². The number of aromatic amines is 1. The largest absolute Gasteiger partial charge is 0.504 e. The lowest BCUT2D eigenvalue weighted by molar-refractivity contribution is 0.0689. The number of aromatic carboxylic acids is 1. The van der Waals surface area contributed by atoms with E-state index in [-0.39, 0.29) is 16.3 Å². The van der Waals surface area contributed by atoms with Gasteiger partial charge in [0.05, 0.1) is 4.90 Å². The number of allylic oxidation sites excluding steroid dienone is 1. The lowest BCUT2D eigenvalue weighted by Gasteiger charge is -2.07. The second kappa shape index (κ2) is 7.08. The monoisotopic (exact) mass is 406 g/mol. The zero-order valence-corrected chi connectivity index (χ0v) is 14.6. The van der Waals surface area contributed by atoms with Gasteiger partial charge in [-0.05, 0) is 30.3 Å². The number of hydrogen-bond acceptors (Lipinski definition) is 7. The number of ketones is 1. The van der Waals surface area contributed by atoms with Gasteiger partial charge in [-0.15, -0.1) is 0 Å². The number of carbonyl (C=O) groups is 2. The molecule has 28 heavy (non-hydrogen) atoms. The summed E-state index contributed by atoms with van der Waals surface area (Å²) in [5, 5.41) is 25.0. The van der Waals surface area contributed by atoms with Crippen LogP contribution in [-0.2, 0) is 10.0 Å². The van der Waals surface area contributed by atoms with Crippen molar-refractivity contribution in [2.24, 2.45) is 0 Å². The maximum atomic E-state index is 13.0. The summed E-state index contributed by atoms with van der Waals surface area (Å²) in [5.74, 6) is -3.93. The van der Waals surface area contributed by atoms with E-state index >= 15 is 0 Å². The summed E-state index contributed by atoms with van der Waals surface area (Å²) in [6.07, 6.45) is 2.68. The quantitative estimate of drug-likeness (QED) is 0.316. The van der Waals surface area contributed by atoms with Gasteiger partial charge >= 0.3 is 5.97 Å². The highest BCUT2D eigenvalue weighted by molar-refractivity contribution is 7.90. The minimum Gasteiger partial charge on any atom is -0.504 e. The Morgan fingerprint density at radius 2 is 1.86 bits per heavy atom. The Hall–Kier alpha value is -3.80. The summed E-state index contributed by atoms with van der Waals surface area (Å²) in [6, 6.07) is 4.58. The number of aliphatic hydroxyl groups excluding tert-OH is 1. The van der Waals surface area contributed by atoms with Gasteiger partial charge in [0.15, 0.2) is 11.5 Å². The van der Waals surface area contributed by atoms with Crippen LogP contribution in [-0.4, -0.2) is 49.5 Å². The van der Waals surface area contributed by atoms with E-state index in [1.165, 1.54) is 0 Å². The van der Waals surface area contributed by atoms with Gasteiger partial charge in [0.25, 0.3) is 10.0 Å². The number of aromatic nitrogens is 4. The van der Waals surface area contributed by atoms with Gasteiger partial charge in [0, 0.05) is 17.8 Å². The third-order valence-electron chi connectivity index (χ3n) is 3.57. The summed E-state index contributed by atoms with van der Waals surface area (Å²) in [4.78, 5) is 27.0. The molecule has 0 aliphatic rings. The molecule has 12 heteroatoms. The van der Waals surface area contributed by atoms with Gasteiger partial charge in [-0.25, -0.2) is 26.6 Å². The molecule has 0 radical (unpaired) electrons. The summed E-state index contributed by atoms with van der Waals surface area (Å²) < 4.78 is 38.8. The summed E-state index contributed by atoms with van der Waals surface area (Å²) in [5.41, 5.74) is -1.02. The number of benzene rings is 1. The highest BCUT2D eigenvalue weighted by atomic mass is 32.2. The van der Waals surface area contributed by atoms with E-state index in [2.05, 4.69) is 15.2 Å². The zero-order chi connectivity index (χ0) is 20.5. The van der Waals surface area contributed by atoms with Crippen LogP contribution in [0.15, 0.2) is 53.8 Å². The predicted molar refractivity (Wildman–Crippen MR) is 91.7 cm³/mol. The fourth-order valence-electron chi connectivity index (χ4n) is 2.26. The molecule has 10 nitrogen and oxygen atoms in total. The average molecular weight is 406 g/mol. The number of nitrogens with one attached hydrogen (secondary N) is 1. The topological polar surface area (TPSA) is 155 Å². The van der Waals surface area contributed by atoms with E-state index in [1.54, 1.807) is 0 Å². The highest BCUT2D eigenvalue weighted by Crippen LogP contribution is 2.20. The van der Waals surface area contributed by atoms with Crippen LogP contribution in [0.1, 0.15) is 26.7 Å². The minimum atomic E-state index is -4.41. The van der Waals surface area contributed by atoms with E-state index in [4.69, 9.17) is 0 Å². The van der Waals surface area contributed by atoms with Crippen LogP contribution >= 0.6 is 0 Å². The molecule has 0 atom stereocenters. The molecule has 0 fully saturated rings. The molecule has 1 aromatic carbocycles. The molecule has 0 bridgehead atoms. The Morgan fingerprint density at radius 3 is 2.43 bits per heavy atom. The number of halogens is 1. The molecule has 0 unspecified atom stereocenters. The second-order valence-electron chi connectivity index (χ2n) is 5.39. The van der Waals surface area contributed by atoms with Crippen molar-refractivity contribution in [2.45, 2.75) is 4.90 Å². The number of rotatable bonds is 6. The Kier molecular flexibility index (Phi) is 4.79. The molecule has 0 saturated carbocycles. The van der Waals surface area contributed by atoms with E-state index in [0.29, 0.717) is 3.97 Å². The number of aliphatic hydroxyl groups is 1. The smallest absolute Gasteiger partial charge is 0.353 e. The summed E-state index contributed by atoms with van der Waals surface area (Å²) >= 11 is 0. The van der Waals surface area contributed by atoms with Gasteiger partial charge in [0.2, 0.25) is 5.82 Å². The van der Waals surface area contributed by atoms with Crippen molar-refractivity contribution in [3.8, 4) is 0 Å². The van der Waals surface area contributed by atoms with Crippen molar-refractivity contribution < 1.29 is 32.6 Å². The fraction of sp³-hybridized carbons (Fsp3) is 0. The molecule has 0 aliphatic carbocycles. The number of carboxylic acids is 1. The van der Waals surface area contributed by atoms with Gasteiger partial charge in [-0.1, -0.05) is 0 Å². The van der Waals surface area contributed by atoms with Crippen molar-refractivity contribution in [3.63, 3.8) is 0 Å². The SMILES string of the molecule is O=C(C=C(O)c1nc[nH]n1)c1cc(C(=O)O)n(S(=O)(=O)c2ccc(F)cc2)c1. The molecule has 3 N–H and O–H groups in total. The maximum absolute atomic E-state index is 13.0. The Labute approximate surface area is 156 Å². The normalized spacial score (nSPS) is 12.1. The van der Waals surface area contributed by atoms with Crippen molar-refractivity contribution >= 4 is 27.5 Å².